The van der Waals surface area contributed by atoms with Crippen molar-refractivity contribution in [3.63, 3.8) is 0 Å². The molecule has 0 radical (unpaired) electrons. The fourth-order valence-corrected chi connectivity index (χ4v) is 3.92. The Bertz CT molecular complexity index is 1140. The van der Waals surface area contributed by atoms with Gasteiger partial charge in [-0.15, -0.1) is 0 Å². The molecule has 1 heterocycles. The maximum Gasteiger partial charge on any atom is 0.282 e. The summed E-state index contributed by atoms with van der Waals surface area (Å²) in [5.74, 6) is -0.855. The molecule has 2 amide bonds. The summed E-state index contributed by atoms with van der Waals surface area (Å²) in [5.41, 5.74) is 2.64. The van der Waals surface area contributed by atoms with E-state index in [1.54, 1.807) is 24.1 Å². The standard InChI is InChI=1S/C24H18Cl2N2O2/c1-27(15-16-8-4-2-5-9-16)22-21(17-10-6-3-7-11-17)23(29)28(24(22)30)20-14-18(25)12-13-19(20)26/h2-14H,15H2,1H3. The summed E-state index contributed by atoms with van der Waals surface area (Å²) >= 11 is 12.4. The zero-order chi connectivity index (χ0) is 21.3. The van der Waals surface area contributed by atoms with E-state index in [4.69, 9.17) is 23.2 Å². The Morgan fingerprint density at radius 3 is 2.13 bits per heavy atom. The third kappa shape index (κ3) is 3.72. The molecular formula is C24H18Cl2N2O2. The highest BCUT2D eigenvalue weighted by atomic mass is 35.5. The average molecular weight is 437 g/mol. The number of halogens is 2. The summed E-state index contributed by atoms with van der Waals surface area (Å²) in [5, 5.41) is 0.669. The number of likely N-dealkylation sites (N-methyl/N-ethyl adjacent to an activating group) is 1. The number of nitrogens with zero attached hydrogens (tertiary/aromatic N) is 2. The van der Waals surface area contributed by atoms with Gasteiger partial charge in [-0.05, 0) is 29.3 Å². The number of hydrogen-bond donors (Lipinski definition) is 0. The lowest BCUT2D eigenvalue weighted by molar-refractivity contribution is -0.120. The second-order valence-corrected chi connectivity index (χ2v) is 7.82. The van der Waals surface area contributed by atoms with Crippen molar-refractivity contribution >= 4 is 46.3 Å². The summed E-state index contributed by atoms with van der Waals surface area (Å²) in [6.45, 7) is 0.475. The molecule has 0 saturated heterocycles. The molecule has 0 atom stereocenters. The highest BCUT2D eigenvalue weighted by Gasteiger charge is 2.42. The predicted octanol–water partition coefficient (Wildman–Crippen LogP) is 5.41. The van der Waals surface area contributed by atoms with Crippen LogP contribution in [0.2, 0.25) is 10.0 Å². The maximum absolute atomic E-state index is 13.5. The van der Waals surface area contributed by atoms with Gasteiger partial charge in [-0.25, -0.2) is 4.90 Å². The second kappa shape index (κ2) is 8.34. The van der Waals surface area contributed by atoms with Crippen LogP contribution in [0.4, 0.5) is 5.69 Å². The predicted molar refractivity (Wildman–Crippen MR) is 120 cm³/mol. The number of carbonyl (C=O) groups is 2. The van der Waals surface area contributed by atoms with Crippen LogP contribution in [0.25, 0.3) is 5.57 Å². The fraction of sp³-hybridized carbons (Fsp3) is 0.0833. The highest BCUT2D eigenvalue weighted by molar-refractivity contribution is 6.47. The first-order valence-corrected chi connectivity index (χ1v) is 10.1. The van der Waals surface area contributed by atoms with Crippen LogP contribution in [0.3, 0.4) is 0 Å². The number of imide groups is 1. The van der Waals surface area contributed by atoms with Gasteiger partial charge in [0.05, 0.1) is 16.3 Å². The Morgan fingerprint density at radius 2 is 1.47 bits per heavy atom. The maximum atomic E-state index is 13.5. The van der Waals surface area contributed by atoms with Crippen molar-refractivity contribution in [2.75, 3.05) is 11.9 Å². The topological polar surface area (TPSA) is 40.6 Å². The average Bonchev–Trinajstić information content (AvgIpc) is 3.01. The van der Waals surface area contributed by atoms with Gasteiger partial charge in [-0.1, -0.05) is 83.9 Å². The number of carbonyl (C=O) groups excluding carboxylic acids is 2. The van der Waals surface area contributed by atoms with Crippen LogP contribution in [-0.4, -0.2) is 23.8 Å². The smallest absolute Gasteiger partial charge is 0.282 e. The molecule has 6 heteroatoms. The third-order valence-electron chi connectivity index (χ3n) is 4.92. The molecule has 3 aromatic rings. The SMILES string of the molecule is CN(Cc1ccccc1)C1=C(c2ccccc2)C(=O)N(c2cc(Cl)ccc2Cl)C1=O. The zero-order valence-electron chi connectivity index (χ0n) is 16.2. The molecule has 0 aromatic heterocycles. The van der Waals surface area contributed by atoms with E-state index in [0.29, 0.717) is 28.4 Å². The highest BCUT2D eigenvalue weighted by Crippen LogP contribution is 2.38. The monoisotopic (exact) mass is 436 g/mol. The van der Waals surface area contributed by atoms with Gasteiger partial charge >= 0.3 is 0 Å². The molecule has 3 aromatic carbocycles. The van der Waals surface area contributed by atoms with E-state index in [1.807, 2.05) is 60.7 Å². The first-order chi connectivity index (χ1) is 14.5. The van der Waals surface area contributed by atoms with Gasteiger partial charge < -0.3 is 4.90 Å². The normalized spacial score (nSPS) is 13.9. The van der Waals surface area contributed by atoms with Crippen LogP contribution < -0.4 is 4.90 Å². The summed E-state index contributed by atoms with van der Waals surface area (Å²) in [6.07, 6.45) is 0. The summed E-state index contributed by atoms with van der Waals surface area (Å²) in [6, 6.07) is 23.7. The van der Waals surface area contributed by atoms with Crippen LogP contribution in [0.15, 0.2) is 84.6 Å². The van der Waals surface area contributed by atoms with E-state index in [9.17, 15) is 9.59 Å². The van der Waals surface area contributed by atoms with E-state index in [0.717, 1.165) is 10.5 Å². The van der Waals surface area contributed by atoms with Crippen molar-refractivity contribution in [3.05, 3.63) is 106 Å². The van der Waals surface area contributed by atoms with Crippen LogP contribution in [-0.2, 0) is 16.1 Å². The Hall–Kier alpha value is -3.08. The van der Waals surface area contributed by atoms with Crippen LogP contribution in [0, 0.1) is 0 Å². The van der Waals surface area contributed by atoms with E-state index in [-0.39, 0.29) is 10.7 Å². The van der Waals surface area contributed by atoms with E-state index in [2.05, 4.69) is 0 Å². The lowest BCUT2D eigenvalue weighted by Crippen LogP contribution is -2.34. The van der Waals surface area contributed by atoms with Crippen LogP contribution in [0.5, 0.6) is 0 Å². The van der Waals surface area contributed by atoms with Gasteiger partial charge in [0.1, 0.15) is 5.70 Å². The van der Waals surface area contributed by atoms with Crippen LogP contribution >= 0.6 is 23.2 Å². The van der Waals surface area contributed by atoms with E-state index in [1.165, 1.54) is 6.07 Å². The number of anilines is 1. The van der Waals surface area contributed by atoms with Gasteiger partial charge in [0.15, 0.2) is 0 Å². The molecule has 1 aliphatic heterocycles. The van der Waals surface area contributed by atoms with Crippen molar-refractivity contribution in [1.29, 1.82) is 0 Å². The zero-order valence-corrected chi connectivity index (χ0v) is 17.7. The molecule has 0 bridgehead atoms. The number of hydrogen-bond acceptors (Lipinski definition) is 3. The van der Waals surface area contributed by atoms with Gasteiger partial charge in [-0.3, -0.25) is 9.59 Å². The van der Waals surface area contributed by atoms with Crippen molar-refractivity contribution in [2.24, 2.45) is 0 Å². The molecule has 0 saturated carbocycles. The van der Waals surface area contributed by atoms with Crippen LogP contribution in [0.1, 0.15) is 11.1 Å². The Labute approximate surface area is 184 Å². The lowest BCUT2D eigenvalue weighted by atomic mass is 10.0. The minimum absolute atomic E-state index is 0.274. The molecule has 0 aliphatic carbocycles. The number of amides is 2. The first kappa shape index (κ1) is 20.2. The van der Waals surface area contributed by atoms with E-state index >= 15 is 0 Å². The second-order valence-electron chi connectivity index (χ2n) is 6.97. The third-order valence-corrected chi connectivity index (χ3v) is 5.47. The van der Waals surface area contributed by atoms with Gasteiger partial charge in [0.25, 0.3) is 11.8 Å². The summed E-state index contributed by atoms with van der Waals surface area (Å²) in [4.78, 5) is 29.9. The molecule has 4 rings (SSSR count). The fourth-order valence-electron chi connectivity index (χ4n) is 3.55. The lowest BCUT2D eigenvalue weighted by Gasteiger charge is -2.22. The molecule has 30 heavy (non-hydrogen) atoms. The molecule has 1 aliphatic rings. The number of benzene rings is 3. The van der Waals surface area contributed by atoms with Gasteiger partial charge in [-0.2, -0.15) is 0 Å². The molecule has 0 unspecified atom stereocenters. The first-order valence-electron chi connectivity index (χ1n) is 9.36. The molecule has 4 nitrogen and oxygen atoms in total. The Morgan fingerprint density at radius 1 is 0.833 bits per heavy atom. The van der Waals surface area contributed by atoms with Crippen molar-refractivity contribution in [3.8, 4) is 0 Å². The minimum atomic E-state index is -0.429. The van der Waals surface area contributed by atoms with E-state index < -0.39 is 11.8 Å². The molecule has 0 spiro atoms. The Balaban J connectivity index is 1.82. The number of rotatable bonds is 5. The largest absolute Gasteiger partial charge is 0.365 e. The summed E-state index contributed by atoms with van der Waals surface area (Å²) < 4.78 is 0. The molecule has 0 N–H and O–H groups in total. The van der Waals surface area contributed by atoms with Gasteiger partial charge in [0, 0.05) is 18.6 Å². The Kier molecular flexibility index (Phi) is 5.62. The molecule has 0 fully saturated rings. The van der Waals surface area contributed by atoms with Crippen molar-refractivity contribution in [1.82, 2.24) is 4.90 Å². The van der Waals surface area contributed by atoms with Crippen molar-refractivity contribution < 1.29 is 9.59 Å². The summed E-state index contributed by atoms with van der Waals surface area (Å²) in [7, 11) is 1.81. The quantitative estimate of drug-likeness (QED) is 0.502. The van der Waals surface area contributed by atoms with Gasteiger partial charge in [0.2, 0.25) is 0 Å². The minimum Gasteiger partial charge on any atom is -0.365 e. The molecular weight excluding hydrogens is 419 g/mol. The van der Waals surface area contributed by atoms with Crippen molar-refractivity contribution in [2.45, 2.75) is 6.54 Å². The molecule has 150 valence electrons.